The maximum absolute atomic E-state index is 5.82. The SMILES string of the molecule is Nc1cccc(OC2CCCOC2)c1Br. The number of rotatable bonds is 2. The summed E-state index contributed by atoms with van der Waals surface area (Å²) in [6, 6.07) is 5.64. The Bertz CT molecular complexity index is 337. The maximum Gasteiger partial charge on any atom is 0.136 e. The Morgan fingerprint density at radius 1 is 1.47 bits per heavy atom. The van der Waals surface area contributed by atoms with Gasteiger partial charge in [0.05, 0.1) is 11.1 Å². The molecule has 0 aliphatic carbocycles. The van der Waals surface area contributed by atoms with Gasteiger partial charge >= 0.3 is 0 Å². The molecule has 1 aliphatic rings. The van der Waals surface area contributed by atoms with E-state index in [1.165, 1.54) is 0 Å². The summed E-state index contributed by atoms with van der Waals surface area (Å²) in [5.74, 6) is 0.797. The molecule has 0 bridgehead atoms. The molecule has 1 saturated heterocycles. The molecular formula is C11H14BrNO2. The topological polar surface area (TPSA) is 44.5 Å². The molecule has 1 aromatic carbocycles. The average molecular weight is 272 g/mol. The molecule has 0 radical (unpaired) electrons. The lowest BCUT2D eigenvalue weighted by Crippen LogP contribution is -2.28. The number of hydrogen-bond donors (Lipinski definition) is 1. The highest BCUT2D eigenvalue weighted by Crippen LogP contribution is 2.31. The highest BCUT2D eigenvalue weighted by Gasteiger charge is 2.16. The van der Waals surface area contributed by atoms with Gasteiger partial charge in [0.1, 0.15) is 11.9 Å². The number of hydrogen-bond acceptors (Lipinski definition) is 3. The third kappa shape index (κ3) is 2.63. The fourth-order valence-electron chi connectivity index (χ4n) is 1.60. The number of halogens is 1. The molecule has 1 fully saturated rings. The standard InChI is InChI=1S/C11H14BrNO2/c12-11-9(13)4-1-5-10(11)15-8-3-2-6-14-7-8/h1,4-5,8H,2-3,6-7,13H2. The van der Waals surface area contributed by atoms with Crippen molar-refractivity contribution in [3.8, 4) is 5.75 Å². The van der Waals surface area contributed by atoms with Crippen LogP contribution >= 0.6 is 15.9 Å². The summed E-state index contributed by atoms with van der Waals surface area (Å²) in [5.41, 5.74) is 6.47. The van der Waals surface area contributed by atoms with Crippen LogP contribution in [-0.2, 0) is 4.74 Å². The third-order valence-electron chi connectivity index (χ3n) is 2.41. The molecule has 82 valence electrons. The molecule has 0 saturated carbocycles. The van der Waals surface area contributed by atoms with Crippen molar-refractivity contribution >= 4 is 21.6 Å². The molecule has 0 amide bonds. The zero-order valence-corrected chi connectivity index (χ0v) is 10.00. The van der Waals surface area contributed by atoms with Crippen LogP contribution in [0.2, 0.25) is 0 Å². The normalized spacial score (nSPS) is 21.3. The lowest BCUT2D eigenvalue weighted by atomic mass is 10.2. The molecule has 1 unspecified atom stereocenters. The summed E-state index contributed by atoms with van der Waals surface area (Å²) < 4.78 is 12.0. The molecule has 1 aliphatic heterocycles. The van der Waals surface area contributed by atoms with Crippen LogP contribution in [0.4, 0.5) is 5.69 Å². The van der Waals surface area contributed by atoms with Crippen molar-refractivity contribution in [3.05, 3.63) is 22.7 Å². The molecule has 1 aromatic rings. The van der Waals surface area contributed by atoms with Gasteiger partial charge in [0, 0.05) is 12.3 Å². The quantitative estimate of drug-likeness (QED) is 0.841. The van der Waals surface area contributed by atoms with Crippen LogP contribution in [0.25, 0.3) is 0 Å². The molecule has 4 heteroatoms. The Morgan fingerprint density at radius 2 is 2.33 bits per heavy atom. The minimum atomic E-state index is 0.150. The predicted octanol–water partition coefficient (Wildman–Crippen LogP) is 2.59. The van der Waals surface area contributed by atoms with Gasteiger partial charge in [0.15, 0.2) is 0 Å². The molecule has 15 heavy (non-hydrogen) atoms. The van der Waals surface area contributed by atoms with Crippen molar-refractivity contribution < 1.29 is 9.47 Å². The zero-order valence-electron chi connectivity index (χ0n) is 8.41. The number of ether oxygens (including phenoxy) is 2. The molecular weight excluding hydrogens is 258 g/mol. The molecule has 0 aromatic heterocycles. The number of nitrogen functional groups attached to an aromatic ring is 1. The summed E-state index contributed by atoms with van der Waals surface area (Å²) in [6.07, 6.45) is 2.25. The van der Waals surface area contributed by atoms with E-state index in [4.69, 9.17) is 15.2 Å². The molecule has 2 rings (SSSR count). The second kappa shape index (κ2) is 4.86. The summed E-state index contributed by atoms with van der Waals surface area (Å²) >= 11 is 3.42. The predicted molar refractivity (Wildman–Crippen MR) is 63.0 cm³/mol. The lowest BCUT2D eigenvalue weighted by Gasteiger charge is -2.24. The van der Waals surface area contributed by atoms with Crippen LogP contribution < -0.4 is 10.5 Å². The highest BCUT2D eigenvalue weighted by molar-refractivity contribution is 9.10. The summed E-state index contributed by atoms with van der Waals surface area (Å²) in [7, 11) is 0. The second-order valence-electron chi connectivity index (χ2n) is 3.62. The van der Waals surface area contributed by atoms with Crippen molar-refractivity contribution in [2.24, 2.45) is 0 Å². The van der Waals surface area contributed by atoms with Crippen LogP contribution in [-0.4, -0.2) is 19.3 Å². The van der Waals surface area contributed by atoms with E-state index < -0.39 is 0 Å². The first-order chi connectivity index (χ1) is 7.27. The Morgan fingerprint density at radius 3 is 3.07 bits per heavy atom. The van der Waals surface area contributed by atoms with E-state index in [9.17, 15) is 0 Å². The van der Waals surface area contributed by atoms with Crippen molar-refractivity contribution in [1.29, 1.82) is 0 Å². The van der Waals surface area contributed by atoms with Gasteiger partial charge in [-0.25, -0.2) is 0 Å². The lowest BCUT2D eigenvalue weighted by molar-refractivity contribution is 0.00714. The van der Waals surface area contributed by atoms with Gasteiger partial charge in [0.2, 0.25) is 0 Å². The van der Waals surface area contributed by atoms with Crippen molar-refractivity contribution in [2.75, 3.05) is 18.9 Å². The van der Waals surface area contributed by atoms with Crippen LogP contribution in [0, 0.1) is 0 Å². The number of benzene rings is 1. The maximum atomic E-state index is 5.82. The minimum absolute atomic E-state index is 0.150. The molecule has 3 nitrogen and oxygen atoms in total. The molecule has 2 N–H and O–H groups in total. The second-order valence-corrected chi connectivity index (χ2v) is 4.41. The van der Waals surface area contributed by atoms with E-state index in [1.54, 1.807) is 0 Å². The van der Waals surface area contributed by atoms with Gasteiger partial charge in [-0.05, 0) is 40.9 Å². The molecule has 1 atom stereocenters. The van der Waals surface area contributed by atoms with Crippen molar-refractivity contribution in [2.45, 2.75) is 18.9 Å². The number of anilines is 1. The fourth-order valence-corrected chi connectivity index (χ4v) is 1.96. The van der Waals surface area contributed by atoms with Crippen molar-refractivity contribution in [3.63, 3.8) is 0 Å². The smallest absolute Gasteiger partial charge is 0.136 e. The van der Waals surface area contributed by atoms with Crippen LogP contribution in [0.1, 0.15) is 12.8 Å². The zero-order chi connectivity index (χ0) is 10.7. The van der Waals surface area contributed by atoms with Crippen LogP contribution in [0.15, 0.2) is 22.7 Å². The summed E-state index contributed by atoms with van der Waals surface area (Å²) in [4.78, 5) is 0. The monoisotopic (exact) mass is 271 g/mol. The van der Waals surface area contributed by atoms with E-state index in [-0.39, 0.29) is 6.10 Å². The molecule has 1 heterocycles. The number of nitrogens with two attached hydrogens (primary N) is 1. The average Bonchev–Trinajstić information content (AvgIpc) is 2.26. The van der Waals surface area contributed by atoms with Gasteiger partial charge < -0.3 is 15.2 Å². The third-order valence-corrected chi connectivity index (χ3v) is 3.25. The van der Waals surface area contributed by atoms with E-state index in [1.807, 2.05) is 18.2 Å². The first-order valence-corrected chi connectivity index (χ1v) is 5.85. The van der Waals surface area contributed by atoms with Gasteiger partial charge in [-0.15, -0.1) is 0 Å². The van der Waals surface area contributed by atoms with Gasteiger partial charge in [-0.3, -0.25) is 0 Å². The highest BCUT2D eigenvalue weighted by atomic mass is 79.9. The van der Waals surface area contributed by atoms with E-state index in [0.29, 0.717) is 12.3 Å². The Balaban J connectivity index is 2.06. The van der Waals surface area contributed by atoms with Crippen LogP contribution in [0.5, 0.6) is 5.75 Å². The Kier molecular flexibility index (Phi) is 3.49. The summed E-state index contributed by atoms with van der Waals surface area (Å²) in [6.45, 7) is 1.51. The van der Waals surface area contributed by atoms with Gasteiger partial charge in [0.25, 0.3) is 0 Å². The first kappa shape index (κ1) is 10.8. The fraction of sp³-hybridized carbons (Fsp3) is 0.455. The molecule has 0 spiro atoms. The largest absolute Gasteiger partial charge is 0.487 e. The summed E-state index contributed by atoms with van der Waals surface area (Å²) in [5, 5.41) is 0. The van der Waals surface area contributed by atoms with Crippen LogP contribution in [0.3, 0.4) is 0 Å². The first-order valence-electron chi connectivity index (χ1n) is 5.06. The van der Waals surface area contributed by atoms with Crippen molar-refractivity contribution in [1.82, 2.24) is 0 Å². The van der Waals surface area contributed by atoms with E-state index in [0.717, 1.165) is 29.7 Å². The Hall–Kier alpha value is -0.740. The minimum Gasteiger partial charge on any atom is -0.487 e. The van der Waals surface area contributed by atoms with Gasteiger partial charge in [-0.1, -0.05) is 6.07 Å². The van der Waals surface area contributed by atoms with E-state index >= 15 is 0 Å². The van der Waals surface area contributed by atoms with E-state index in [2.05, 4.69) is 15.9 Å². The van der Waals surface area contributed by atoms with Gasteiger partial charge in [-0.2, -0.15) is 0 Å². The Labute approximate surface area is 97.7 Å².